The molecule has 0 unspecified atom stereocenters. The van der Waals surface area contributed by atoms with Crippen LogP contribution in [0.15, 0.2) is 65.7 Å². The Balaban J connectivity index is 1.49. The van der Waals surface area contributed by atoms with E-state index in [1.165, 1.54) is 50.8 Å². The first-order valence-corrected chi connectivity index (χ1v) is 11.8. The van der Waals surface area contributed by atoms with Crippen LogP contribution in [0, 0.1) is 10.1 Å². The zero-order valence-corrected chi connectivity index (χ0v) is 20.9. The Kier molecular flexibility index (Phi) is 7.87. The van der Waals surface area contributed by atoms with Crippen molar-refractivity contribution < 1.29 is 33.5 Å². The standard InChI is InChI=1S/C25H20N4O8S/c1-35-18-8-4-3-6-16(18)27-22(30)14-28-24(31)21(38-25(28)32)13-15-9-10-19(20(12-15)36-2)37-23-17(29(33)34)7-5-11-26-23/h3-13H,14H2,1-2H3,(H,27,30)/b21-13-. The predicted molar refractivity (Wildman–Crippen MR) is 138 cm³/mol. The molecule has 0 aliphatic carbocycles. The lowest BCUT2D eigenvalue weighted by Gasteiger charge is -2.14. The molecule has 0 atom stereocenters. The highest BCUT2D eigenvalue weighted by Gasteiger charge is 2.36. The van der Waals surface area contributed by atoms with Crippen LogP contribution in [0.1, 0.15) is 5.56 Å². The maximum atomic E-state index is 12.9. The maximum Gasteiger partial charge on any atom is 0.331 e. The van der Waals surface area contributed by atoms with Crippen molar-refractivity contribution in [2.45, 2.75) is 0 Å². The number of methoxy groups -OCH3 is 2. The van der Waals surface area contributed by atoms with Crippen molar-refractivity contribution in [2.75, 3.05) is 26.1 Å². The Hall–Kier alpha value is -4.91. The fraction of sp³-hybridized carbons (Fsp3) is 0.120. The molecule has 0 spiro atoms. The number of amides is 3. The van der Waals surface area contributed by atoms with Crippen LogP contribution in [0.2, 0.25) is 0 Å². The number of imide groups is 1. The minimum Gasteiger partial charge on any atom is -0.495 e. The summed E-state index contributed by atoms with van der Waals surface area (Å²) in [6.07, 6.45) is 2.83. The second kappa shape index (κ2) is 11.4. The van der Waals surface area contributed by atoms with Crippen LogP contribution < -0.4 is 19.5 Å². The molecule has 0 bridgehead atoms. The molecule has 13 heteroatoms. The van der Waals surface area contributed by atoms with Gasteiger partial charge in [-0.15, -0.1) is 0 Å². The number of nitro groups is 1. The van der Waals surface area contributed by atoms with Gasteiger partial charge < -0.3 is 19.5 Å². The molecule has 0 saturated carbocycles. The molecule has 3 amide bonds. The van der Waals surface area contributed by atoms with E-state index in [0.717, 1.165) is 4.90 Å². The molecule has 4 rings (SSSR count). The van der Waals surface area contributed by atoms with E-state index < -0.39 is 28.5 Å². The summed E-state index contributed by atoms with van der Waals surface area (Å²) in [5.74, 6) is -0.588. The SMILES string of the molecule is COc1ccccc1NC(=O)CN1C(=O)S/C(=C\c2ccc(Oc3ncccc3[N+](=O)[O-])c(OC)c2)C1=O. The van der Waals surface area contributed by atoms with E-state index in [2.05, 4.69) is 10.3 Å². The minimum absolute atomic E-state index is 0.108. The van der Waals surface area contributed by atoms with E-state index in [1.54, 1.807) is 30.3 Å². The largest absolute Gasteiger partial charge is 0.495 e. The van der Waals surface area contributed by atoms with Crippen LogP contribution in [-0.4, -0.2) is 52.6 Å². The summed E-state index contributed by atoms with van der Waals surface area (Å²) in [4.78, 5) is 53.3. The number of rotatable bonds is 9. The van der Waals surface area contributed by atoms with Crippen LogP contribution >= 0.6 is 11.8 Å². The maximum absolute atomic E-state index is 12.9. The number of pyridine rings is 1. The highest BCUT2D eigenvalue weighted by atomic mass is 32.2. The van der Waals surface area contributed by atoms with Gasteiger partial charge in [0.25, 0.3) is 17.0 Å². The molecule has 1 fully saturated rings. The molecule has 2 aromatic carbocycles. The van der Waals surface area contributed by atoms with Gasteiger partial charge in [0, 0.05) is 12.3 Å². The molecular weight excluding hydrogens is 516 g/mol. The van der Waals surface area contributed by atoms with Gasteiger partial charge in [0.1, 0.15) is 12.3 Å². The number of aromatic nitrogens is 1. The molecule has 1 aliphatic rings. The van der Waals surface area contributed by atoms with Gasteiger partial charge in [-0.1, -0.05) is 18.2 Å². The second-order valence-corrected chi connectivity index (χ2v) is 8.61. The summed E-state index contributed by atoms with van der Waals surface area (Å²) in [7, 11) is 2.84. The third kappa shape index (κ3) is 5.73. The Labute approximate surface area is 220 Å². The molecule has 1 N–H and O–H groups in total. The van der Waals surface area contributed by atoms with E-state index >= 15 is 0 Å². The number of ether oxygens (including phenoxy) is 3. The number of thioether (sulfide) groups is 1. The Morgan fingerprint density at radius 1 is 1.08 bits per heavy atom. The fourth-order valence-corrected chi connectivity index (χ4v) is 4.27. The lowest BCUT2D eigenvalue weighted by Crippen LogP contribution is -2.36. The van der Waals surface area contributed by atoms with Crippen LogP contribution in [0.4, 0.5) is 16.2 Å². The summed E-state index contributed by atoms with van der Waals surface area (Å²) in [5, 5.41) is 13.3. The molecule has 12 nitrogen and oxygen atoms in total. The third-order valence-corrected chi connectivity index (χ3v) is 6.10. The van der Waals surface area contributed by atoms with Crippen molar-refractivity contribution in [3.63, 3.8) is 0 Å². The van der Waals surface area contributed by atoms with E-state index in [4.69, 9.17) is 14.2 Å². The van der Waals surface area contributed by atoms with Crippen molar-refractivity contribution >= 4 is 46.3 Å². The Morgan fingerprint density at radius 3 is 2.58 bits per heavy atom. The average molecular weight is 537 g/mol. The third-order valence-electron chi connectivity index (χ3n) is 5.20. The van der Waals surface area contributed by atoms with Gasteiger partial charge in [-0.2, -0.15) is 0 Å². The smallest absolute Gasteiger partial charge is 0.331 e. The first-order chi connectivity index (χ1) is 18.3. The molecule has 1 aliphatic heterocycles. The lowest BCUT2D eigenvalue weighted by molar-refractivity contribution is -0.386. The van der Waals surface area contributed by atoms with Crippen LogP contribution in [0.25, 0.3) is 6.08 Å². The van der Waals surface area contributed by atoms with Gasteiger partial charge >= 0.3 is 5.69 Å². The number of carbonyl (C=O) groups is 3. The van der Waals surface area contributed by atoms with Gasteiger partial charge in [0.2, 0.25) is 5.91 Å². The van der Waals surface area contributed by atoms with E-state index in [0.29, 0.717) is 28.8 Å². The topological polar surface area (TPSA) is 150 Å². The molecule has 38 heavy (non-hydrogen) atoms. The Morgan fingerprint density at radius 2 is 1.84 bits per heavy atom. The second-order valence-electron chi connectivity index (χ2n) is 7.61. The van der Waals surface area contributed by atoms with Crippen LogP contribution in [0.5, 0.6) is 23.1 Å². The van der Waals surface area contributed by atoms with Crippen molar-refractivity contribution in [2.24, 2.45) is 0 Å². The van der Waals surface area contributed by atoms with Gasteiger partial charge in [-0.25, -0.2) is 4.98 Å². The highest BCUT2D eigenvalue weighted by molar-refractivity contribution is 8.18. The summed E-state index contributed by atoms with van der Waals surface area (Å²) in [6.45, 7) is -0.473. The minimum atomic E-state index is -0.626. The number of carbonyl (C=O) groups excluding carboxylic acids is 3. The quantitative estimate of drug-likeness (QED) is 0.236. The van der Waals surface area contributed by atoms with E-state index in [9.17, 15) is 24.5 Å². The van der Waals surface area contributed by atoms with Crippen molar-refractivity contribution in [1.82, 2.24) is 9.88 Å². The molecule has 1 aromatic heterocycles. The first kappa shape index (κ1) is 26.2. The monoisotopic (exact) mass is 536 g/mol. The molecule has 3 aromatic rings. The molecule has 0 radical (unpaired) electrons. The summed E-state index contributed by atoms with van der Waals surface area (Å²) >= 11 is 0.695. The summed E-state index contributed by atoms with van der Waals surface area (Å²) in [6, 6.07) is 14.0. The molecule has 2 heterocycles. The average Bonchev–Trinajstić information content (AvgIpc) is 3.17. The van der Waals surface area contributed by atoms with E-state index in [-0.39, 0.29) is 28.0 Å². The molecule has 194 valence electrons. The molecule has 1 saturated heterocycles. The first-order valence-electron chi connectivity index (χ1n) is 10.9. The number of para-hydroxylation sites is 2. The van der Waals surface area contributed by atoms with Crippen molar-refractivity contribution in [3.05, 3.63) is 81.4 Å². The predicted octanol–water partition coefficient (Wildman–Crippen LogP) is 4.47. The van der Waals surface area contributed by atoms with Gasteiger partial charge in [0.15, 0.2) is 11.5 Å². The zero-order chi connectivity index (χ0) is 27.2. The number of hydrogen-bond acceptors (Lipinski definition) is 10. The number of benzene rings is 2. The van der Waals surface area contributed by atoms with Crippen LogP contribution in [-0.2, 0) is 9.59 Å². The normalized spacial score (nSPS) is 13.9. The Bertz CT molecular complexity index is 1460. The fourth-order valence-electron chi connectivity index (χ4n) is 3.43. The van der Waals surface area contributed by atoms with Crippen LogP contribution in [0.3, 0.4) is 0 Å². The van der Waals surface area contributed by atoms with Crippen molar-refractivity contribution in [1.29, 1.82) is 0 Å². The lowest BCUT2D eigenvalue weighted by atomic mass is 10.2. The summed E-state index contributed by atoms with van der Waals surface area (Å²) in [5.41, 5.74) is 0.587. The zero-order valence-electron chi connectivity index (χ0n) is 20.1. The highest BCUT2D eigenvalue weighted by Crippen LogP contribution is 2.37. The summed E-state index contributed by atoms with van der Waals surface area (Å²) < 4.78 is 16.1. The number of nitrogens with zero attached hydrogens (tertiary/aromatic N) is 3. The van der Waals surface area contributed by atoms with Crippen molar-refractivity contribution in [3.8, 4) is 23.1 Å². The van der Waals surface area contributed by atoms with Gasteiger partial charge in [0.05, 0.1) is 29.7 Å². The number of nitrogens with one attached hydrogen (secondary N) is 1. The number of anilines is 1. The van der Waals surface area contributed by atoms with E-state index in [1.807, 2.05) is 0 Å². The van der Waals surface area contributed by atoms with Gasteiger partial charge in [-0.05, 0) is 53.7 Å². The number of hydrogen-bond donors (Lipinski definition) is 1. The van der Waals surface area contributed by atoms with Gasteiger partial charge in [-0.3, -0.25) is 29.4 Å². The molecular formula is C25H20N4O8S.